The van der Waals surface area contributed by atoms with Crippen LogP contribution in [0, 0.1) is 0 Å². The molecular formula is C20H22BrN3O5S. The molecule has 2 unspecified atom stereocenters. The lowest BCUT2D eigenvalue weighted by Gasteiger charge is -2.40. The normalized spacial score (nSPS) is 19.7. The first-order chi connectivity index (χ1) is 14.2. The zero-order valence-electron chi connectivity index (χ0n) is 16.4. The molecule has 0 spiro atoms. The molecule has 2 aromatic rings. The van der Waals surface area contributed by atoms with Gasteiger partial charge in [0.25, 0.3) is 11.8 Å². The second-order valence-corrected chi connectivity index (χ2v) is 9.82. The summed E-state index contributed by atoms with van der Waals surface area (Å²) in [5, 5.41) is 10.4. The number of hydrogen-bond donors (Lipinski definition) is 3. The maximum Gasteiger partial charge on any atom is 0.264 e. The van der Waals surface area contributed by atoms with Crippen LogP contribution in [0.2, 0.25) is 0 Å². The van der Waals surface area contributed by atoms with Crippen LogP contribution < -0.4 is 15.7 Å². The summed E-state index contributed by atoms with van der Waals surface area (Å²) in [5.74, 6) is -1.33. The zero-order chi connectivity index (χ0) is 22.1. The maximum absolute atomic E-state index is 13.0. The maximum atomic E-state index is 13.0. The molecule has 0 saturated carbocycles. The molecule has 0 fully saturated rings. The Balaban J connectivity index is 1.94. The quantitative estimate of drug-likeness (QED) is 0.432. The highest BCUT2D eigenvalue weighted by Crippen LogP contribution is 2.38. The first-order valence-corrected chi connectivity index (χ1v) is 11.7. The Hall–Kier alpha value is -2.43. The van der Waals surface area contributed by atoms with Crippen molar-refractivity contribution in [2.24, 2.45) is 0 Å². The van der Waals surface area contributed by atoms with E-state index in [1.54, 1.807) is 11.8 Å². The summed E-state index contributed by atoms with van der Waals surface area (Å²) in [5.41, 5.74) is 3.03. The molecule has 0 aromatic heterocycles. The van der Waals surface area contributed by atoms with Crippen LogP contribution in [0.15, 0.2) is 51.8 Å². The number of carbonyl (C=O) groups is 2. The molecule has 2 aromatic carbocycles. The minimum absolute atomic E-state index is 0.0431. The smallest absolute Gasteiger partial charge is 0.264 e. The van der Waals surface area contributed by atoms with Gasteiger partial charge in [0.2, 0.25) is 0 Å². The van der Waals surface area contributed by atoms with E-state index in [9.17, 15) is 18.0 Å². The third-order valence-electron chi connectivity index (χ3n) is 5.21. The van der Waals surface area contributed by atoms with Gasteiger partial charge in [0, 0.05) is 23.1 Å². The van der Waals surface area contributed by atoms with Gasteiger partial charge in [0.05, 0.1) is 16.6 Å². The largest absolute Gasteiger partial charge is 0.366 e. The van der Waals surface area contributed by atoms with Crippen LogP contribution >= 0.6 is 15.9 Å². The molecule has 1 aliphatic heterocycles. The Kier molecular flexibility index (Phi) is 6.49. The molecule has 1 aliphatic rings. The molecule has 160 valence electrons. The van der Waals surface area contributed by atoms with Gasteiger partial charge in [-0.3, -0.25) is 14.8 Å². The lowest BCUT2D eigenvalue weighted by atomic mass is 10.1. The fraction of sp³-hybridized carbons (Fsp3) is 0.300. The number of hydrogen-bond acceptors (Lipinski definition) is 6. The highest BCUT2D eigenvalue weighted by atomic mass is 79.9. The number of nitrogens with one attached hydrogen (secondary N) is 2. The van der Waals surface area contributed by atoms with Crippen molar-refractivity contribution in [1.29, 1.82) is 0 Å². The van der Waals surface area contributed by atoms with Gasteiger partial charge in [0.1, 0.15) is 0 Å². The Bertz CT molecular complexity index is 1090. The fourth-order valence-corrected chi connectivity index (χ4v) is 6.13. The molecule has 0 aliphatic carbocycles. The molecule has 30 heavy (non-hydrogen) atoms. The minimum atomic E-state index is -4.04. The molecule has 0 saturated heterocycles. The summed E-state index contributed by atoms with van der Waals surface area (Å²) in [7, 11) is -4.04. The molecule has 2 amide bonds. The fourth-order valence-electron chi connectivity index (χ4n) is 3.70. The summed E-state index contributed by atoms with van der Waals surface area (Å²) in [4.78, 5) is 26.4. The second-order valence-electron chi connectivity index (χ2n) is 6.92. The molecule has 2 atom stereocenters. The molecule has 0 bridgehead atoms. The SMILES string of the molecule is CCN1c2cc(C(=O)NCc3ccccc3Br)ccc2S(=O)(=O)C(C(=O)NO)C1C. The molecule has 10 heteroatoms. The lowest BCUT2D eigenvalue weighted by Crippen LogP contribution is -2.56. The highest BCUT2D eigenvalue weighted by molar-refractivity contribution is 9.10. The van der Waals surface area contributed by atoms with Crippen molar-refractivity contribution in [2.75, 3.05) is 11.4 Å². The van der Waals surface area contributed by atoms with Crippen LogP contribution in [0.4, 0.5) is 5.69 Å². The van der Waals surface area contributed by atoms with E-state index in [4.69, 9.17) is 5.21 Å². The van der Waals surface area contributed by atoms with Crippen molar-refractivity contribution in [3.8, 4) is 0 Å². The van der Waals surface area contributed by atoms with Gasteiger partial charge in [-0.25, -0.2) is 13.9 Å². The van der Waals surface area contributed by atoms with Crippen molar-refractivity contribution in [3.05, 3.63) is 58.1 Å². The molecule has 3 rings (SSSR count). The molecule has 1 heterocycles. The van der Waals surface area contributed by atoms with Crippen molar-refractivity contribution in [2.45, 2.75) is 36.6 Å². The number of amides is 2. The number of hydroxylamine groups is 1. The number of rotatable bonds is 5. The Labute approximate surface area is 183 Å². The molecule has 8 nitrogen and oxygen atoms in total. The number of nitrogens with zero attached hydrogens (tertiary/aromatic N) is 1. The van der Waals surface area contributed by atoms with Gasteiger partial charge in [-0.05, 0) is 43.7 Å². The monoisotopic (exact) mass is 495 g/mol. The average molecular weight is 496 g/mol. The third kappa shape index (κ3) is 3.94. The van der Waals surface area contributed by atoms with Crippen LogP contribution in [-0.2, 0) is 21.2 Å². The summed E-state index contributed by atoms with van der Waals surface area (Å²) < 4.78 is 26.9. The van der Waals surface area contributed by atoms with E-state index in [2.05, 4.69) is 21.2 Å². The summed E-state index contributed by atoms with van der Waals surface area (Å²) in [6.45, 7) is 4.15. The standard InChI is InChI=1S/C20H22BrN3O5S/c1-3-24-12(2)18(20(26)23-27)30(28,29)17-9-8-13(10-16(17)24)19(25)22-11-14-6-4-5-7-15(14)21/h4-10,12,18,27H,3,11H2,1-2H3,(H,22,25)(H,23,26). The van der Waals surface area contributed by atoms with E-state index in [1.807, 2.05) is 31.2 Å². The van der Waals surface area contributed by atoms with E-state index in [-0.39, 0.29) is 10.8 Å². The molecule has 3 N–H and O–H groups in total. The summed E-state index contributed by atoms with van der Waals surface area (Å²) >= 11 is 3.44. The van der Waals surface area contributed by atoms with Crippen LogP contribution in [0.1, 0.15) is 29.8 Å². The third-order valence-corrected chi connectivity index (χ3v) is 8.22. The van der Waals surface area contributed by atoms with E-state index < -0.39 is 27.0 Å². The first kappa shape index (κ1) is 22.3. The van der Waals surface area contributed by atoms with E-state index in [1.165, 1.54) is 23.7 Å². The predicted octanol–water partition coefficient (Wildman–Crippen LogP) is 2.26. The zero-order valence-corrected chi connectivity index (χ0v) is 18.8. The summed E-state index contributed by atoms with van der Waals surface area (Å²) in [6.07, 6.45) is 0. The van der Waals surface area contributed by atoms with Gasteiger partial charge in [0.15, 0.2) is 15.1 Å². The minimum Gasteiger partial charge on any atom is -0.366 e. The lowest BCUT2D eigenvalue weighted by molar-refractivity contribution is -0.129. The van der Waals surface area contributed by atoms with E-state index >= 15 is 0 Å². The van der Waals surface area contributed by atoms with E-state index in [0.29, 0.717) is 24.3 Å². The first-order valence-electron chi connectivity index (χ1n) is 9.32. The Morgan fingerprint density at radius 3 is 2.53 bits per heavy atom. The van der Waals surface area contributed by atoms with Gasteiger partial charge >= 0.3 is 0 Å². The van der Waals surface area contributed by atoms with Crippen molar-refractivity contribution < 1.29 is 23.2 Å². The Morgan fingerprint density at radius 1 is 1.20 bits per heavy atom. The van der Waals surface area contributed by atoms with Gasteiger partial charge < -0.3 is 10.2 Å². The topological polar surface area (TPSA) is 116 Å². The average Bonchev–Trinajstić information content (AvgIpc) is 2.72. The predicted molar refractivity (Wildman–Crippen MR) is 115 cm³/mol. The van der Waals surface area contributed by atoms with Crippen LogP contribution in [0.5, 0.6) is 0 Å². The van der Waals surface area contributed by atoms with Crippen molar-refractivity contribution in [1.82, 2.24) is 10.8 Å². The number of fused-ring (bicyclic) bond motifs is 1. The second kappa shape index (κ2) is 8.75. The number of sulfone groups is 1. The number of benzene rings is 2. The number of carbonyl (C=O) groups excluding carboxylic acids is 2. The van der Waals surface area contributed by atoms with Gasteiger partial charge in [-0.1, -0.05) is 34.1 Å². The highest BCUT2D eigenvalue weighted by Gasteiger charge is 2.46. The Morgan fingerprint density at radius 2 is 1.90 bits per heavy atom. The molecule has 0 radical (unpaired) electrons. The summed E-state index contributed by atoms with van der Waals surface area (Å²) in [6, 6.07) is 11.1. The molecular weight excluding hydrogens is 474 g/mol. The van der Waals surface area contributed by atoms with Crippen LogP contribution in [0.25, 0.3) is 0 Å². The van der Waals surface area contributed by atoms with Crippen LogP contribution in [0.3, 0.4) is 0 Å². The van der Waals surface area contributed by atoms with Gasteiger partial charge in [-0.15, -0.1) is 0 Å². The van der Waals surface area contributed by atoms with E-state index in [0.717, 1.165) is 10.0 Å². The van der Waals surface area contributed by atoms with Crippen molar-refractivity contribution >= 4 is 43.3 Å². The van der Waals surface area contributed by atoms with Crippen molar-refractivity contribution in [3.63, 3.8) is 0 Å². The van der Waals surface area contributed by atoms with Crippen LogP contribution in [-0.4, -0.2) is 43.3 Å². The van der Waals surface area contributed by atoms with Gasteiger partial charge in [-0.2, -0.15) is 0 Å². The number of anilines is 1. The number of halogens is 1.